The van der Waals surface area contributed by atoms with Crippen LogP contribution in [0.25, 0.3) is 0 Å². The molecule has 1 N–H and O–H groups in total. The highest BCUT2D eigenvalue weighted by molar-refractivity contribution is 5.13. The fraction of sp³-hybridized carbons (Fsp3) is 0.600. The Kier molecular flexibility index (Phi) is 5.00. The van der Waals surface area contributed by atoms with Crippen LogP contribution < -0.4 is 0 Å². The van der Waals surface area contributed by atoms with Gasteiger partial charge in [0.1, 0.15) is 0 Å². The molecular formula is C20H28O2. The van der Waals surface area contributed by atoms with Gasteiger partial charge >= 0.3 is 0 Å². The third kappa shape index (κ3) is 3.44. The van der Waals surface area contributed by atoms with Crippen LogP contribution >= 0.6 is 0 Å². The first-order valence-corrected chi connectivity index (χ1v) is 8.63. The number of hydrogen-bond acceptors (Lipinski definition) is 2. The van der Waals surface area contributed by atoms with Crippen LogP contribution in [0.3, 0.4) is 0 Å². The van der Waals surface area contributed by atoms with Crippen molar-refractivity contribution in [2.75, 3.05) is 6.61 Å². The van der Waals surface area contributed by atoms with Crippen LogP contribution in [-0.2, 0) is 11.3 Å². The van der Waals surface area contributed by atoms with Crippen molar-refractivity contribution in [2.45, 2.75) is 39.4 Å². The normalized spacial score (nSPS) is 37.8. The zero-order valence-corrected chi connectivity index (χ0v) is 13.7. The highest BCUT2D eigenvalue weighted by Gasteiger charge is 2.42. The average molecular weight is 300 g/mol. The Morgan fingerprint density at radius 2 is 1.86 bits per heavy atom. The molecule has 1 aromatic rings. The molecule has 0 heterocycles. The van der Waals surface area contributed by atoms with Gasteiger partial charge in [-0.1, -0.05) is 56.3 Å². The number of rotatable bonds is 4. The molecule has 2 nitrogen and oxygen atoms in total. The second-order valence-corrected chi connectivity index (χ2v) is 7.29. The Balaban J connectivity index is 1.62. The third-order valence-electron chi connectivity index (χ3n) is 5.51. The first-order chi connectivity index (χ1) is 10.6. The van der Waals surface area contributed by atoms with Gasteiger partial charge in [0, 0.05) is 0 Å². The minimum atomic E-state index is -0.175. The molecule has 2 aliphatic carbocycles. The molecule has 0 aliphatic heterocycles. The van der Waals surface area contributed by atoms with E-state index in [4.69, 9.17) is 4.74 Å². The van der Waals surface area contributed by atoms with Gasteiger partial charge in [0.25, 0.3) is 0 Å². The van der Waals surface area contributed by atoms with Crippen molar-refractivity contribution in [3.63, 3.8) is 0 Å². The maximum Gasteiger partial charge on any atom is 0.0717 e. The molecule has 0 saturated heterocycles. The molecule has 1 fully saturated rings. The molecule has 0 amide bonds. The molecular weight excluding hydrogens is 272 g/mol. The van der Waals surface area contributed by atoms with Gasteiger partial charge in [0.05, 0.1) is 19.3 Å². The summed E-state index contributed by atoms with van der Waals surface area (Å²) < 4.78 is 6.01. The van der Waals surface area contributed by atoms with Crippen LogP contribution in [0.5, 0.6) is 0 Å². The van der Waals surface area contributed by atoms with Crippen molar-refractivity contribution >= 4 is 0 Å². The number of allylic oxidation sites excluding steroid dienone is 2. The Labute approximate surface area is 134 Å². The number of ether oxygens (including phenoxy) is 1. The van der Waals surface area contributed by atoms with Crippen LogP contribution in [0.2, 0.25) is 0 Å². The molecule has 120 valence electrons. The average Bonchev–Trinajstić information content (AvgIpc) is 2.50. The van der Waals surface area contributed by atoms with Crippen LogP contribution in [0.1, 0.15) is 32.3 Å². The second-order valence-electron chi connectivity index (χ2n) is 7.29. The second kappa shape index (κ2) is 6.97. The highest BCUT2D eigenvalue weighted by Crippen LogP contribution is 2.44. The minimum Gasteiger partial charge on any atom is -0.393 e. The highest BCUT2D eigenvalue weighted by atomic mass is 16.5. The summed E-state index contributed by atoms with van der Waals surface area (Å²) in [5, 5.41) is 10.6. The molecule has 22 heavy (non-hydrogen) atoms. The first-order valence-electron chi connectivity index (χ1n) is 8.63. The van der Waals surface area contributed by atoms with Gasteiger partial charge in [-0.15, -0.1) is 0 Å². The lowest BCUT2D eigenvalue weighted by Crippen LogP contribution is -2.45. The predicted octanol–water partition coefficient (Wildman–Crippen LogP) is 4.05. The number of fused-ring (bicyclic) bond motifs is 1. The summed E-state index contributed by atoms with van der Waals surface area (Å²) in [5.74, 6) is 2.44. The van der Waals surface area contributed by atoms with Crippen molar-refractivity contribution in [3.8, 4) is 0 Å². The van der Waals surface area contributed by atoms with E-state index in [0.29, 0.717) is 36.2 Å². The summed E-state index contributed by atoms with van der Waals surface area (Å²) >= 11 is 0. The molecule has 0 aromatic heterocycles. The number of aliphatic hydroxyl groups excluding tert-OH is 1. The van der Waals surface area contributed by atoms with Crippen molar-refractivity contribution in [1.82, 2.24) is 0 Å². The van der Waals surface area contributed by atoms with E-state index in [0.717, 1.165) is 13.0 Å². The summed E-state index contributed by atoms with van der Waals surface area (Å²) in [7, 11) is 0. The Morgan fingerprint density at radius 3 is 2.64 bits per heavy atom. The van der Waals surface area contributed by atoms with E-state index >= 15 is 0 Å². The molecule has 1 aromatic carbocycles. The van der Waals surface area contributed by atoms with Crippen molar-refractivity contribution in [1.29, 1.82) is 0 Å². The maximum absolute atomic E-state index is 10.6. The molecule has 2 aliphatic rings. The summed E-state index contributed by atoms with van der Waals surface area (Å²) in [4.78, 5) is 0. The molecule has 3 rings (SSSR count). The summed E-state index contributed by atoms with van der Waals surface area (Å²) in [6.07, 6.45) is 6.66. The minimum absolute atomic E-state index is 0.175. The van der Waals surface area contributed by atoms with E-state index in [-0.39, 0.29) is 6.10 Å². The van der Waals surface area contributed by atoms with E-state index in [1.165, 1.54) is 12.0 Å². The van der Waals surface area contributed by atoms with Crippen LogP contribution in [-0.4, -0.2) is 17.8 Å². The van der Waals surface area contributed by atoms with E-state index in [2.05, 4.69) is 38.1 Å². The van der Waals surface area contributed by atoms with E-state index in [9.17, 15) is 5.11 Å². The molecule has 2 heteroatoms. The van der Waals surface area contributed by atoms with Gasteiger partial charge in [-0.25, -0.2) is 0 Å². The van der Waals surface area contributed by atoms with Crippen LogP contribution in [0, 0.1) is 29.6 Å². The smallest absolute Gasteiger partial charge is 0.0717 e. The van der Waals surface area contributed by atoms with Gasteiger partial charge in [-0.05, 0) is 48.0 Å². The SMILES string of the molecule is C[C@@H]1C[C@H](O)[C@@H]2[C@@H](COCc3ccccc3)[C@@H](C)C=C[C@H]2C1. The van der Waals surface area contributed by atoms with Crippen LogP contribution in [0.4, 0.5) is 0 Å². The summed E-state index contributed by atoms with van der Waals surface area (Å²) in [5.41, 5.74) is 1.22. The van der Waals surface area contributed by atoms with E-state index in [1.54, 1.807) is 0 Å². The van der Waals surface area contributed by atoms with Gasteiger partial charge in [-0.3, -0.25) is 0 Å². The van der Waals surface area contributed by atoms with Gasteiger partial charge in [-0.2, -0.15) is 0 Å². The summed E-state index contributed by atoms with van der Waals surface area (Å²) in [6.45, 7) is 5.92. The first kappa shape index (κ1) is 15.8. The summed E-state index contributed by atoms with van der Waals surface area (Å²) in [6, 6.07) is 10.3. The number of benzene rings is 1. The molecule has 0 bridgehead atoms. The lowest BCUT2D eigenvalue weighted by atomic mass is 9.62. The zero-order chi connectivity index (χ0) is 15.5. The topological polar surface area (TPSA) is 29.5 Å². The van der Waals surface area contributed by atoms with Crippen molar-refractivity contribution in [3.05, 3.63) is 48.0 Å². The van der Waals surface area contributed by atoms with Gasteiger partial charge < -0.3 is 9.84 Å². The Hall–Kier alpha value is -1.12. The fourth-order valence-electron chi connectivity index (χ4n) is 4.34. The molecule has 1 saturated carbocycles. The molecule has 0 spiro atoms. The number of aliphatic hydroxyl groups is 1. The maximum atomic E-state index is 10.6. The van der Waals surface area contributed by atoms with Gasteiger partial charge in [0.2, 0.25) is 0 Å². The Morgan fingerprint density at radius 1 is 1.09 bits per heavy atom. The van der Waals surface area contributed by atoms with Crippen molar-refractivity contribution < 1.29 is 9.84 Å². The fourth-order valence-corrected chi connectivity index (χ4v) is 4.34. The van der Waals surface area contributed by atoms with Gasteiger partial charge in [0.15, 0.2) is 0 Å². The molecule has 6 atom stereocenters. The van der Waals surface area contributed by atoms with Crippen LogP contribution in [0.15, 0.2) is 42.5 Å². The van der Waals surface area contributed by atoms with E-state index in [1.807, 2.05) is 18.2 Å². The zero-order valence-electron chi connectivity index (χ0n) is 13.7. The third-order valence-corrected chi connectivity index (χ3v) is 5.51. The lowest BCUT2D eigenvalue weighted by Gasteiger charge is -2.45. The molecule has 0 radical (unpaired) electrons. The predicted molar refractivity (Wildman–Crippen MR) is 89.3 cm³/mol. The largest absolute Gasteiger partial charge is 0.393 e. The standard InChI is InChI=1S/C20H28O2/c1-14-10-17-9-8-15(2)18(20(17)19(21)11-14)13-22-12-16-6-4-3-5-7-16/h3-9,14-15,17-21H,10-13H2,1-2H3/t14-,15-,17-,18-,19-,20-/m0/s1. The van der Waals surface area contributed by atoms with E-state index < -0.39 is 0 Å². The molecule has 0 unspecified atom stereocenters. The lowest BCUT2D eigenvalue weighted by molar-refractivity contribution is -0.0513. The number of hydrogen-bond donors (Lipinski definition) is 1. The monoisotopic (exact) mass is 300 g/mol. The quantitative estimate of drug-likeness (QED) is 0.850. The van der Waals surface area contributed by atoms with Crippen molar-refractivity contribution in [2.24, 2.45) is 29.6 Å². The Bertz CT molecular complexity index is 496.